The molecule has 6 nitrogen and oxygen atoms in total. The Balaban J connectivity index is 1.45. The molecule has 2 N–H and O–H groups in total. The van der Waals surface area contributed by atoms with Crippen LogP contribution < -0.4 is 10.1 Å². The summed E-state index contributed by atoms with van der Waals surface area (Å²) in [6.07, 6.45) is 8.43. The van der Waals surface area contributed by atoms with Gasteiger partial charge in [0.25, 0.3) is 5.91 Å². The summed E-state index contributed by atoms with van der Waals surface area (Å²) in [5.41, 5.74) is 1.10. The lowest BCUT2D eigenvalue weighted by Gasteiger charge is -2.30. The molecule has 0 radical (unpaired) electrons. The first-order valence-electron chi connectivity index (χ1n) is 11.2. The molecule has 1 aliphatic heterocycles. The summed E-state index contributed by atoms with van der Waals surface area (Å²) in [5, 5.41) is 12.2. The van der Waals surface area contributed by atoms with Crippen LogP contribution in [0.1, 0.15) is 56.4 Å². The SMILES string of the molecule is COc1ccc([C@@H]2C=C(C(=O)NC3CC4CCC3C4)O[C@H](OCCCCO)C2)cc1. The number of carbonyl (C=O) groups excluding carboxylic acids is 1. The topological polar surface area (TPSA) is 77.0 Å². The first kappa shape index (κ1) is 21.2. The van der Waals surface area contributed by atoms with Crippen molar-refractivity contribution in [2.24, 2.45) is 11.8 Å². The highest BCUT2D eigenvalue weighted by atomic mass is 16.7. The molecular formula is C24H33NO5. The van der Waals surface area contributed by atoms with Gasteiger partial charge in [-0.1, -0.05) is 18.6 Å². The van der Waals surface area contributed by atoms with E-state index in [0.29, 0.717) is 31.1 Å². The highest BCUT2D eigenvalue weighted by Gasteiger charge is 2.41. The maximum absolute atomic E-state index is 13.0. The standard InChI is InChI=1S/C24H33NO5/c1-28-20-8-6-17(7-9-20)19-14-22(30-23(15-19)29-11-3-2-10-26)24(27)25-21-13-16-4-5-18(21)12-16/h6-9,14,16,18-19,21,23,26H,2-5,10-13,15H2,1H3,(H,25,27)/t16?,18?,19-,21?,23+/m1/s1. The molecule has 1 aromatic rings. The number of allylic oxidation sites excluding steroid dienone is 1. The van der Waals surface area contributed by atoms with E-state index in [9.17, 15) is 4.79 Å². The molecule has 2 aliphatic carbocycles. The van der Waals surface area contributed by atoms with Gasteiger partial charge in [0, 0.05) is 25.0 Å². The molecule has 2 saturated carbocycles. The van der Waals surface area contributed by atoms with E-state index in [2.05, 4.69) is 5.32 Å². The molecule has 164 valence electrons. The van der Waals surface area contributed by atoms with Crippen molar-refractivity contribution < 1.29 is 24.1 Å². The number of hydrogen-bond acceptors (Lipinski definition) is 5. The molecule has 1 heterocycles. The zero-order chi connectivity index (χ0) is 20.9. The molecule has 1 aromatic carbocycles. The van der Waals surface area contributed by atoms with Crippen LogP contribution in [0.3, 0.4) is 0 Å². The van der Waals surface area contributed by atoms with E-state index in [-0.39, 0.29) is 24.5 Å². The Kier molecular flexibility index (Phi) is 6.95. The first-order valence-corrected chi connectivity index (χ1v) is 11.2. The van der Waals surface area contributed by atoms with Crippen molar-refractivity contribution in [1.82, 2.24) is 5.32 Å². The van der Waals surface area contributed by atoms with Crippen LogP contribution in [-0.4, -0.2) is 43.7 Å². The van der Waals surface area contributed by atoms with Crippen molar-refractivity contribution in [2.45, 2.75) is 63.2 Å². The molecule has 5 atom stereocenters. The second-order valence-electron chi connectivity index (χ2n) is 8.75. The van der Waals surface area contributed by atoms with Crippen molar-refractivity contribution in [2.75, 3.05) is 20.3 Å². The number of fused-ring (bicyclic) bond motifs is 2. The molecule has 0 spiro atoms. The van der Waals surface area contributed by atoms with Crippen LogP contribution in [0.15, 0.2) is 36.1 Å². The molecule has 3 aliphatic rings. The van der Waals surface area contributed by atoms with Gasteiger partial charge >= 0.3 is 0 Å². The number of amides is 1. The quantitative estimate of drug-likeness (QED) is 0.604. The van der Waals surface area contributed by atoms with Gasteiger partial charge in [-0.25, -0.2) is 0 Å². The summed E-state index contributed by atoms with van der Waals surface area (Å²) in [6, 6.07) is 8.19. The van der Waals surface area contributed by atoms with E-state index < -0.39 is 6.29 Å². The van der Waals surface area contributed by atoms with E-state index in [4.69, 9.17) is 19.3 Å². The monoisotopic (exact) mass is 415 g/mol. The van der Waals surface area contributed by atoms with Gasteiger partial charge in [0.1, 0.15) is 5.75 Å². The third-order valence-corrected chi connectivity index (χ3v) is 6.74. The van der Waals surface area contributed by atoms with Crippen LogP contribution in [0.25, 0.3) is 0 Å². The fourth-order valence-electron chi connectivity index (χ4n) is 5.09. The van der Waals surface area contributed by atoms with E-state index in [1.807, 2.05) is 30.3 Å². The Morgan fingerprint density at radius 3 is 2.67 bits per heavy atom. The van der Waals surface area contributed by atoms with Crippen LogP contribution >= 0.6 is 0 Å². The molecule has 6 heteroatoms. The molecule has 1 amide bonds. The molecule has 2 bridgehead atoms. The molecule has 30 heavy (non-hydrogen) atoms. The predicted octanol–water partition coefficient (Wildman–Crippen LogP) is 3.50. The fraction of sp³-hybridized carbons (Fsp3) is 0.625. The van der Waals surface area contributed by atoms with Crippen LogP contribution in [0.4, 0.5) is 0 Å². The smallest absolute Gasteiger partial charge is 0.286 e. The van der Waals surface area contributed by atoms with E-state index in [0.717, 1.165) is 30.1 Å². The third kappa shape index (κ3) is 4.98. The number of ether oxygens (including phenoxy) is 3. The van der Waals surface area contributed by atoms with Crippen LogP contribution in [0.5, 0.6) is 5.75 Å². The minimum absolute atomic E-state index is 0.0354. The number of aliphatic hydroxyl groups is 1. The number of nitrogens with one attached hydrogen (secondary N) is 1. The second-order valence-corrected chi connectivity index (χ2v) is 8.75. The fourth-order valence-corrected chi connectivity index (χ4v) is 5.09. The van der Waals surface area contributed by atoms with Gasteiger partial charge in [-0.3, -0.25) is 4.79 Å². The van der Waals surface area contributed by atoms with E-state index >= 15 is 0 Å². The summed E-state index contributed by atoms with van der Waals surface area (Å²) in [5.74, 6) is 2.46. The summed E-state index contributed by atoms with van der Waals surface area (Å²) < 4.78 is 17.1. The number of hydrogen-bond donors (Lipinski definition) is 2. The summed E-state index contributed by atoms with van der Waals surface area (Å²) in [7, 11) is 1.65. The van der Waals surface area contributed by atoms with Crippen molar-refractivity contribution >= 4 is 5.91 Å². The molecule has 4 rings (SSSR count). The Morgan fingerprint density at radius 1 is 1.17 bits per heavy atom. The Hall–Kier alpha value is -2.05. The Bertz CT molecular complexity index is 746. The minimum atomic E-state index is -0.471. The lowest BCUT2D eigenvalue weighted by molar-refractivity contribution is -0.147. The highest BCUT2D eigenvalue weighted by molar-refractivity contribution is 5.92. The summed E-state index contributed by atoms with van der Waals surface area (Å²) in [4.78, 5) is 13.0. The highest BCUT2D eigenvalue weighted by Crippen LogP contribution is 2.44. The van der Waals surface area contributed by atoms with Crippen LogP contribution in [-0.2, 0) is 14.3 Å². The lowest BCUT2D eigenvalue weighted by atomic mass is 9.92. The molecule has 3 unspecified atom stereocenters. The van der Waals surface area contributed by atoms with Crippen LogP contribution in [0.2, 0.25) is 0 Å². The average molecular weight is 416 g/mol. The van der Waals surface area contributed by atoms with E-state index in [1.165, 1.54) is 19.3 Å². The van der Waals surface area contributed by atoms with E-state index in [1.54, 1.807) is 7.11 Å². The maximum atomic E-state index is 13.0. The van der Waals surface area contributed by atoms with Gasteiger partial charge in [-0.15, -0.1) is 0 Å². The number of methoxy groups -OCH3 is 1. The van der Waals surface area contributed by atoms with Gasteiger partial charge in [0.15, 0.2) is 5.76 Å². The Morgan fingerprint density at radius 2 is 2.00 bits per heavy atom. The molecule has 0 aromatic heterocycles. The summed E-state index contributed by atoms with van der Waals surface area (Å²) >= 11 is 0. The zero-order valence-electron chi connectivity index (χ0n) is 17.7. The van der Waals surface area contributed by atoms with Gasteiger partial charge in [-0.05, 0) is 67.7 Å². The third-order valence-electron chi connectivity index (χ3n) is 6.74. The first-order chi connectivity index (χ1) is 14.7. The van der Waals surface area contributed by atoms with Crippen molar-refractivity contribution in [3.05, 3.63) is 41.7 Å². The number of carbonyl (C=O) groups is 1. The number of aliphatic hydroxyl groups excluding tert-OH is 1. The van der Waals surface area contributed by atoms with Gasteiger partial charge in [0.05, 0.1) is 13.7 Å². The normalized spacial score (nSPS) is 29.9. The average Bonchev–Trinajstić information content (AvgIpc) is 3.40. The minimum Gasteiger partial charge on any atom is -0.497 e. The lowest BCUT2D eigenvalue weighted by Crippen LogP contribution is -2.41. The van der Waals surface area contributed by atoms with Gasteiger partial charge in [0.2, 0.25) is 6.29 Å². The predicted molar refractivity (Wildman–Crippen MR) is 113 cm³/mol. The number of benzene rings is 1. The number of unbranched alkanes of at least 4 members (excludes halogenated alkanes) is 1. The zero-order valence-corrected chi connectivity index (χ0v) is 17.7. The molecule has 2 fully saturated rings. The van der Waals surface area contributed by atoms with Crippen LogP contribution in [0, 0.1) is 11.8 Å². The largest absolute Gasteiger partial charge is 0.497 e. The van der Waals surface area contributed by atoms with Gasteiger partial charge in [-0.2, -0.15) is 0 Å². The van der Waals surface area contributed by atoms with Crippen molar-refractivity contribution in [3.8, 4) is 5.75 Å². The van der Waals surface area contributed by atoms with Crippen molar-refractivity contribution in [1.29, 1.82) is 0 Å². The molecule has 0 saturated heterocycles. The maximum Gasteiger partial charge on any atom is 0.286 e. The van der Waals surface area contributed by atoms with Crippen molar-refractivity contribution in [3.63, 3.8) is 0 Å². The van der Waals surface area contributed by atoms with Gasteiger partial charge < -0.3 is 24.6 Å². The Labute approximate surface area is 178 Å². The molecular weight excluding hydrogens is 382 g/mol. The summed E-state index contributed by atoms with van der Waals surface area (Å²) in [6.45, 7) is 0.655. The second kappa shape index (κ2) is 9.84. The number of rotatable bonds is 9.